The lowest BCUT2D eigenvalue weighted by molar-refractivity contribution is -0.135. The molecule has 0 aliphatic carbocycles. The number of rotatable bonds is 50. The summed E-state index contributed by atoms with van der Waals surface area (Å²) in [6, 6.07) is 47.4. The van der Waals surface area contributed by atoms with Gasteiger partial charge in [-0.2, -0.15) is 0 Å². The topological polar surface area (TPSA) is 167 Å². The third-order valence-electron chi connectivity index (χ3n) is 16.9. The highest BCUT2D eigenvalue weighted by atomic mass is 16.5. The van der Waals surface area contributed by atoms with Gasteiger partial charge in [-0.1, -0.05) is 306 Å². The second-order valence-electron chi connectivity index (χ2n) is 25.9. The number of aliphatic hydroxyl groups excluding tert-OH is 3. The summed E-state index contributed by atoms with van der Waals surface area (Å²) >= 11 is 0. The minimum absolute atomic E-state index is 0.202. The predicted octanol–water partition coefficient (Wildman–Crippen LogP) is 23.4. The molecule has 0 fully saturated rings. The fraction of sp³-hybridized carbons (Fsp3) is 0.552. The van der Waals surface area contributed by atoms with E-state index in [0.29, 0.717) is 56.3 Å². The molecule has 0 bridgehead atoms. The lowest BCUT2D eigenvalue weighted by Gasteiger charge is -2.13. The standard InChI is InChI=1S/3C28H40O3.C3H8O3/c3*1-3-5-6-7-8-9-10-11-12-16-22-30-25-20-21-26(24-18-14-13-15-19-24)27(23-25)31-28(29)17-4-2;4-1-3(6)2-5/h3*13-15,18-21,23H,3-12,16-17,22H2,1-2H3;3-6H,1-2H2. The van der Waals surface area contributed by atoms with Crippen molar-refractivity contribution in [2.75, 3.05) is 33.0 Å². The van der Waals surface area contributed by atoms with Crippen LogP contribution < -0.4 is 28.4 Å². The molecule has 0 heterocycles. The van der Waals surface area contributed by atoms with Crippen molar-refractivity contribution in [1.82, 2.24) is 0 Å². The van der Waals surface area contributed by atoms with Crippen LogP contribution in [0.5, 0.6) is 34.5 Å². The Morgan fingerprint density at radius 2 is 0.515 bits per heavy atom. The average Bonchev–Trinajstić information content (AvgIpc) is 0.909. The zero-order chi connectivity index (χ0) is 71.4. The first-order valence-corrected chi connectivity index (χ1v) is 38.5. The van der Waals surface area contributed by atoms with Crippen LogP contribution in [-0.2, 0) is 14.4 Å². The molecule has 0 amide bonds. The Labute approximate surface area is 598 Å². The quantitative estimate of drug-likeness (QED) is 0.0188. The largest absolute Gasteiger partial charge is 0.493 e. The number of esters is 3. The van der Waals surface area contributed by atoms with Gasteiger partial charge in [0.05, 0.1) is 33.0 Å². The van der Waals surface area contributed by atoms with Gasteiger partial charge >= 0.3 is 17.9 Å². The highest BCUT2D eigenvalue weighted by Crippen LogP contribution is 2.37. The molecule has 0 saturated heterocycles. The molecule has 0 aliphatic rings. The number of benzene rings is 6. The van der Waals surface area contributed by atoms with Crippen molar-refractivity contribution in [2.45, 2.75) is 279 Å². The molecule has 99 heavy (non-hydrogen) atoms. The third kappa shape index (κ3) is 41.4. The Kier molecular flexibility index (Phi) is 51.2. The maximum Gasteiger partial charge on any atom is 0.311 e. The number of carbonyl (C=O) groups excluding carboxylic acids is 3. The summed E-state index contributed by atoms with van der Waals surface area (Å²) in [7, 11) is 0. The summed E-state index contributed by atoms with van der Waals surface area (Å²) in [5.74, 6) is 3.39. The fourth-order valence-electron chi connectivity index (χ4n) is 11.1. The molecule has 0 aliphatic heterocycles. The van der Waals surface area contributed by atoms with Crippen LogP contribution in [0.15, 0.2) is 146 Å². The lowest BCUT2D eigenvalue weighted by atomic mass is 10.0. The average molecular weight is 1370 g/mol. The van der Waals surface area contributed by atoms with E-state index in [9.17, 15) is 14.4 Å². The Morgan fingerprint density at radius 1 is 0.293 bits per heavy atom. The Morgan fingerprint density at radius 3 is 0.717 bits per heavy atom. The van der Waals surface area contributed by atoms with Crippen LogP contribution >= 0.6 is 0 Å². The molecule has 0 saturated carbocycles. The van der Waals surface area contributed by atoms with Gasteiger partial charge < -0.3 is 43.7 Å². The highest BCUT2D eigenvalue weighted by Gasteiger charge is 2.16. The zero-order valence-electron chi connectivity index (χ0n) is 61.9. The summed E-state index contributed by atoms with van der Waals surface area (Å²) in [6.07, 6.45) is 41.9. The fourth-order valence-corrected chi connectivity index (χ4v) is 11.1. The lowest BCUT2D eigenvalue weighted by Crippen LogP contribution is -2.15. The molecular weight excluding hydrogens is 1240 g/mol. The number of hydrogen-bond donors (Lipinski definition) is 3. The van der Waals surface area contributed by atoms with Gasteiger partial charge in [0, 0.05) is 54.2 Å². The molecule has 12 nitrogen and oxygen atoms in total. The molecule has 6 aromatic rings. The summed E-state index contributed by atoms with van der Waals surface area (Å²) in [5, 5.41) is 24.0. The van der Waals surface area contributed by atoms with Crippen molar-refractivity contribution in [3.63, 3.8) is 0 Å². The van der Waals surface area contributed by atoms with Crippen molar-refractivity contribution in [3.05, 3.63) is 146 Å². The van der Waals surface area contributed by atoms with Crippen molar-refractivity contribution in [3.8, 4) is 67.9 Å². The summed E-state index contributed by atoms with van der Waals surface area (Å²) in [6.45, 7) is 14.1. The predicted molar refractivity (Wildman–Crippen MR) is 409 cm³/mol. The minimum Gasteiger partial charge on any atom is -0.493 e. The van der Waals surface area contributed by atoms with Crippen LogP contribution in [0.2, 0.25) is 0 Å². The first kappa shape index (κ1) is 86.2. The van der Waals surface area contributed by atoms with Gasteiger partial charge in [-0.05, 0) is 91.6 Å². The smallest absolute Gasteiger partial charge is 0.311 e. The third-order valence-corrected chi connectivity index (χ3v) is 16.9. The van der Waals surface area contributed by atoms with E-state index in [-0.39, 0.29) is 31.1 Å². The maximum atomic E-state index is 12.1. The second-order valence-corrected chi connectivity index (χ2v) is 25.9. The highest BCUT2D eigenvalue weighted by molar-refractivity contribution is 5.81. The molecule has 0 aromatic heterocycles. The molecule has 3 N–H and O–H groups in total. The molecule has 6 aromatic carbocycles. The van der Waals surface area contributed by atoms with Gasteiger partial charge in [-0.15, -0.1) is 0 Å². The minimum atomic E-state index is -0.954. The van der Waals surface area contributed by atoms with E-state index >= 15 is 0 Å². The van der Waals surface area contributed by atoms with E-state index < -0.39 is 6.10 Å². The van der Waals surface area contributed by atoms with E-state index in [1.165, 1.54) is 173 Å². The Bertz CT molecular complexity index is 2620. The van der Waals surface area contributed by atoms with Crippen LogP contribution in [0.4, 0.5) is 0 Å². The first-order chi connectivity index (χ1) is 48.5. The van der Waals surface area contributed by atoms with Gasteiger partial charge in [-0.25, -0.2) is 0 Å². The summed E-state index contributed by atoms with van der Waals surface area (Å²) in [4.78, 5) is 36.3. The number of unbranched alkanes of at least 4 members (excludes halogenated alkanes) is 27. The molecular formula is C87H128O12. The molecule has 0 unspecified atom stereocenters. The SMILES string of the molecule is CCCCCCCCCCCCOc1ccc(-c2ccccc2)c(OC(=O)CCC)c1.CCCCCCCCCCCCOc1ccc(-c2ccccc2)c(OC(=O)CCC)c1.CCCCCCCCCCCCOc1ccc(-c2ccccc2)c(OC(=O)CCC)c1.OCC(O)CO. The van der Waals surface area contributed by atoms with Crippen LogP contribution in [-0.4, -0.2) is 72.4 Å². The number of ether oxygens (including phenoxy) is 6. The van der Waals surface area contributed by atoms with Crippen LogP contribution in [0, 0.1) is 0 Å². The molecule has 12 heteroatoms. The molecule has 6 rings (SSSR count). The van der Waals surface area contributed by atoms with Crippen molar-refractivity contribution >= 4 is 17.9 Å². The number of aliphatic hydroxyl groups is 3. The van der Waals surface area contributed by atoms with Gasteiger partial charge in [0.1, 0.15) is 40.6 Å². The Balaban J connectivity index is 0.000000370. The normalized spacial score (nSPS) is 10.7. The van der Waals surface area contributed by atoms with Crippen LogP contribution in [0.3, 0.4) is 0 Å². The number of carbonyl (C=O) groups is 3. The number of hydrogen-bond acceptors (Lipinski definition) is 12. The summed E-state index contributed by atoms with van der Waals surface area (Å²) in [5.41, 5.74) is 5.83. The van der Waals surface area contributed by atoms with Crippen molar-refractivity contribution < 1.29 is 58.1 Å². The van der Waals surface area contributed by atoms with E-state index in [2.05, 4.69) is 20.8 Å². The Hall–Kier alpha value is -6.99. The second kappa shape index (κ2) is 58.8. The van der Waals surface area contributed by atoms with E-state index in [4.69, 9.17) is 43.7 Å². The zero-order valence-corrected chi connectivity index (χ0v) is 61.9. The molecule has 548 valence electrons. The monoisotopic (exact) mass is 1360 g/mol. The van der Waals surface area contributed by atoms with Gasteiger partial charge in [0.25, 0.3) is 0 Å². The summed E-state index contributed by atoms with van der Waals surface area (Å²) < 4.78 is 34.9. The van der Waals surface area contributed by atoms with E-state index in [0.717, 1.165) is 89.2 Å². The molecule has 0 atom stereocenters. The van der Waals surface area contributed by atoms with Crippen molar-refractivity contribution in [1.29, 1.82) is 0 Å². The maximum absolute atomic E-state index is 12.1. The van der Waals surface area contributed by atoms with Crippen LogP contribution in [0.25, 0.3) is 33.4 Å². The molecule has 0 radical (unpaired) electrons. The van der Waals surface area contributed by atoms with Gasteiger partial charge in [0.2, 0.25) is 0 Å². The van der Waals surface area contributed by atoms with E-state index in [1.54, 1.807) is 0 Å². The van der Waals surface area contributed by atoms with Gasteiger partial charge in [0.15, 0.2) is 0 Å². The van der Waals surface area contributed by atoms with E-state index in [1.807, 2.05) is 166 Å². The van der Waals surface area contributed by atoms with Gasteiger partial charge in [-0.3, -0.25) is 14.4 Å². The molecule has 0 spiro atoms. The van der Waals surface area contributed by atoms with Crippen molar-refractivity contribution in [2.24, 2.45) is 0 Å². The first-order valence-electron chi connectivity index (χ1n) is 38.5. The van der Waals surface area contributed by atoms with Crippen LogP contribution in [0.1, 0.15) is 273 Å².